The number of thiazole rings is 1. The van der Waals surface area contributed by atoms with Gasteiger partial charge in [0.25, 0.3) is 5.91 Å². The molecular formula is C19H26N6O2S. The minimum atomic E-state index is -0.678. The number of hydrogen-bond donors (Lipinski definition) is 2. The first kappa shape index (κ1) is 20.1. The number of fused-ring (bicyclic) bond motifs is 1. The Labute approximate surface area is 169 Å². The van der Waals surface area contributed by atoms with Crippen molar-refractivity contribution >= 4 is 28.9 Å². The zero-order chi connectivity index (χ0) is 20.5. The van der Waals surface area contributed by atoms with Crippen LogP contribution in [-0.4, -0.2) is 59.0 Å². The summed E-state index contributed by atoms with van der Waals surface area (Å²) < 4.78 is 0. The Kier molecular flexibility index (Phi) is 5.55. The van der Waals surface area contributed by atoms with E-state index in [1.165, 1.54) is 11.3 Å². The smallest absolute Gasteiger partial charge is 0.272 e. The fourth-order valence-electron chi connectivity index (χ4n) is 3.17. The molecule has 28 heavy (non-hydrogen) atoms. The molecule has 1 aromatic rings. The van der Waals surface area contributed by atoms with Crippen LogP contribution in [0.5, 0.6) is 0 Å². The second-order valence-electron chi connectivity index (χ2n) is 7.83. The van der Waals surface area contributed by atoms with Gasteiger partial charge >= 0.3 is 0 Å². The lowest BCUT2D eigenvalue weighted by Gasteiger charge is -2.30. The molecule has 3 rings (SSSR count). The van der Waals surface area contributed by atoms with Gasteiger partial charge in [-0.2, -0.15) is 0 Å². The van der Waals surface area contributed by atoms with Crippen LogP contribution in [0.1, 0.15) is 31.9 Å². The minimum Gasteiger partial charge on any atom is -0.357 e. The highest BCUT2D eigenvalue weighted by atomic mass is 32.1. The molecule has 0 saturated carbocycles. The molecule has 2 atom stereocenters. The first-order chi connectivity index (χ1) is 13.2. The van der Waals surface area contributed by atoms with Gasteiger partial charge in [0.2, 0.25) is 5.91 Å². The zero-order valence-corrected chi connectivity index (χ0v) is 17.6. The van der Waals surface area contributed by atoms with Crippen molar-refractivity contribution in [3.63, 3.8) is 0 Å². The molecule has 0 saturated heterocycles. The molecule has 2 aliphatic heterocycles. The number of rotatable bonds is 4. The van der Waals surface area contributed by atoms with Crippen LogP contribution in [0.2, 0.25) is 0 Å². The summed E-state index contributed by atoms with van der Waals surface area (Å²) in [7, 11) is 3.47. The molecular weight excluding hydrogens is 376 g/mol. The van der Waals surface area contributed by atoms with Gasteiger partial charge in [0.05, 0.1) is 5.70 Å². The van der Waals surface area contributed by atoms with Crippen molar-refractivity contribution in [2.24, 2.45) is 10.4 Å². The summed E-state index contributed by atoms with van der Waals surface area (Å²) in [6, 6.07) is -0.678. The van der Waals surface area contributed by atoms with Gasteiger partial charge in [0, 0.05) is 44.6 Å². The lowest BCUT2D eigenvalue weighted by atomic mass is 9.86. The third-order valence-corrected chi connectivity index (χ3v) is 5.42. The fourth-order valence-corrected chi connectivity index (χ4v) is 3.85. The van der Waals surface area contributed by atoms with Crippen molar-refractivity contribution in [2.45, 2.75) is 33.0 Å². The first-order valence-corrected chi connectivity index (χ1v) is 9.97. The van der Waals surface area contributed by atoms with Crippen molar-refractivity contribution in [2.75, 3.05) is 20.6 Å². The molecule has 1 unspecified atom stereocenters. The van der Waals surface area contributed by atoms with Crippen LogP contribution in [0.25, 0.3) is 0 Å². The maximum atomic E-state index is 13.2. The Morgan fingerprint density at radius 1 is 1.36 bits per heavy atom. The van der Waals surface area contributed by atoms with Gasteiger partial charge in [-0.05, 0) is 11.5 Å². The summed E-state index contributed by atoms with van der Waals surface area (Å²) in [6.07, 6.45) is 7.22. The lowest BCUT2D eigenvalue weighted by molar-refractivity contribution is -0.128. The molecule has 2 aliphatic rings. The maximum Gasteiger partial charge on any atom is 0.272 e. The molecule has 0 fully saturated rings. The van der Waals surface area contributed by atoms with Crippen LogP contribution < -0.4 is 10.6 Å². The molecule has 3 heterocycles. The largest absolute Gasteiger partial charge is 0.357 e. The molecule has 1 aromatic heterocycles. The van der Waals surface area contributed by atoms with E-state index >= 15 is 0 Å². The van der Waals surface area contributed by atoms with Crippen molar-refractivity contribution in [3.8, 4) is 0 Å². The topological polar surface area (TPSA) is 89.9 Å². The van der Waals surface area contributed by atoms with Gasteiger partial charge < -0.3 is 20.4 Å². The summed E-state index contributed by atoms with van der Waals surface area (Å²) in [5.74, 6) is -0.601. The van der Waals surface area contributed by atoms with Gasteiger partial charge in [-0.1, -0.05) is 20.8 Å². The van der Waals surface area contributed by atoms with Gasteiger partial charge in [-0.25, -0.2) is 9.98 Å². The van der Waals surface area contributed by atoms with E-state index in [-0.39, 0.29) is 18.0 Å². The summed E-state index contributed by atoms with van der Waals surface area (Å²) >= 11 is 1.50. The minimum absolute atomic E-state index is 0.235. The van der Waals surface area contributed by atoms with Gasteiger partial charge in [-0.3, -0.25) is 9.59 Å². The highest BCUT2D eigenvalue weighted by Crippen LogP contribution is 2.35. The second-order valence-corrected chi connectivity index (χ2v) is 8.75. The Morgan fingerprint density at radius 2 is 2.11 bits per heavy atom. The maximum absolute atomic E-state index is 13.2. The Hall–Kier alpha value is -2.68. The third kappa shape index (κ3) is 3.94. The summed E-state index contributed by atoms with van der Waals surface area (Å²) in [4.78, 5) is 38.5. The second kappa shape index (κ2) is 7.75. The SMILES string of the molecule is CNC(=O)C(NC(=O)C1=N[C@@H](c2nccs2)N2CC=CN(C)C=C12)C(C)(C)C. The number of carbonyl (C=O) groups excluding carboxylic acids is 2. The van der Waals surface area contributed by atoms with Crippen LogP contribution in [0.4, 0.5) is 0 Å². The Bertz CT molecular complexity index is 837. The highest BCUT2D eigenvalue weighted by Gasteiger charge is 2.39. The quantitative estimate of drug-likeness (QED) is 0.796. The summed E-state index contributed by atoms with van der Waals surface area (Å²) in [6.45, 7) is 6.35. The molecule has 2 N–H and O–H groups in total. The van der Waals surface area contributed by atoms with Crippen LogP contribution >= 0.6 is 11.3 Å². The van der Waals surface area contributed by atoms with Crippen LogP contribution in [-0.2, 0) is 9.59 Å². The molecule has 0 aromatic carbocycles. The standard InChI is InChI=1S/C19H26N6O2S/c1-19(2,3)14(17(27)20-4)23-16(26)13-12-11-24(5)8-6-9-25(12)15(22-13)18-21-7-10-28-18/h6-8,10-11,14-15H,9H2,1-5H3,(H,20,27)(H,23,26)/t14?,15-/m1/s1. The van der Waals surface area contributed by atoms with E-state index in [2.05, 4.69) is 20.6 Å². The fraction of sp³-hybridized carbons (Fsp3) is 0.474. The van der Waals surface area contributed by atoms with Crippen LogP contribution in [0, 0.1) is 5.41 Å². The van der Waals surface area contributed by atoms with E-state index < -0.39 is 11.5 Å². The number of nitrogens with one attached hydrogen (secondary N) is 2. The molecule has 0 aliphatic carbocycles. The highest BCUT2D eigenvalue weighted by molar-refractivity contribution is 7.09. The van der Waals surface area contributed by atoms with E-state index in [0.717, 1.165) is 10.7 Å². The number of hydrogen-bond acceptors (Lipinski definition) is 7. The molecule has 0 bridgehead atoms. The first-order valence-electron chi connectivity index (χ1n) is 9.09. The predicted molar refractivity (Wildman–Crippen MR) is 109 cm³/mol. The average Bonchev–Trinajstić information content (AvgIpc) is 3.22. The normalized spacial score (nSPS) is 20.1. The van der Waals surface area contributed by atoms with E-state index in [1.807, 2.05) is 61.5 Å². The number of aliphatic imine (C=N–C) groups is 1. The molecule has 8 nitrogen and oxygen atoms in total. The summed E-state index contributed by atoms with van der Waals surface area (Å²) in [5.41, 5.74) is 0.586. The third-order valence-electron chi connectivity index (χ3n) is 4.60. The molecule has 150 valence electrons. The van der Waals surface area contributed by atoms with Gasteiger partial charge in [-0.15, -0.1) is 11.3 Å². The van der Waals surface area contributed by atoms with E-state index in [4.69, 9.17) is 0 Å². The number of amides is 2. The van der Waals surface area contributed by atoms with E-state index in [0.29, 0.717) is 12.3 Å². The molecule has 2 amide bonds. The Morgan fingerprint density at radius 3 is 2.71 bits per heavy atom. The molecule has 9 heteroatoms. The molecule has 0 radical (unpaired) electrons. The van der Waals surface area contributed by atoms with E-state index in [1.54, 1.807) is 13.2 Å². The van der Waals surface area contributed by atoms with Crippen molar-refractivity contribution < 1.29 is 9.59 Å². The number of carbonyl (C=O) groups is 2. The van der Waals surface area contributed by atoms with Crippen LogP contribution in [0.3, 0.4) is 0 Å². The predicted octanol–water partition coefficient (Wildman–Crippen LogP) is 1.48. The van der Waals surface area contributed by atoms with Crippen molar-refractivity contribution in [1.29, 1.82) is 0 Å². The Balaban J connectivity index is 1.95. The molecule has 0 spiro atoms. The summed E-state index contributed by atoms with van der Waals surface area (Å²) in [5, 5.41) is 8.23. The number of aromatic nitrogens is 1. The zero-order valence-electron chi connectivity index (χ0n) is 16.8. The number of likely N-dealkylation sites (N-methyl/N-ethyl adjacent to an activating group) is 1. The lowest BCUT2D eigenvalue weighted by Crippen LogP contribution is -2.54. The van der Waals surface area contributed by atoms with Crippen molar-refractivity contribution in [3.05, 3.63) is 40.8 Å². The van der Waals surface area contributed by atoms with Crippen molar-refractivity contribution in [1.82, 2.24) is 25.4 Å². The average molecular weight is 403 g/mol. The van der Waals surface area contributed by atoms with E-state index in [9.17, 15) is 9.59 Å². The van der Waals surface area contributed by atoms with Gasteiger partial charge in [0.1, 0.15) is 11.0 Å². The van der Waals surface area contributed by atoms with Gasteiger partial charge in [0.15, 0.2) is 11.9 Å². The monoisotopic (exact) mass is 402 g/mol. The van der Waals surface area contributed by atoms with Crippen LogP contribution in [0.15, 0.2) is 40.7 Å². The number of nitrogens with zero attached hydrogens (tertiary/aromatic N) is 4.